The van der Waals surface area contributed by atoms with Gasteiger partial charge in [-0.1, -0.05) is 6.07 Å². The SMILES string of the molecule is CNc1cccc(N(C)c2ccc3nc(C)[nH]c3c2)c1. The zero-order valence-electron chi connectivity index (χ0n) is 11.9. The van der Waals surface area contributed by atoms with E-state index in [0.29, 0.717) is 0 Å². The van der Waals surface area contributed by atoms with Crippen LogP contribution in [0.25, 0.3) is 11.0 Å². The number of H-pyrrole nitrogens is 1. The Bertz CT molecular complexity index is 745. The van der Waals surface area contributed by atoms with E-state index in [2.05, 4.69) is 63.6 Å². The lowest BCUT2D eigenvalue weighted by atomic mass is 10.2. The van der Waals surface area contributed by atoms with Gasteiger partial charge in [-0.05, 0) is 43.3 Å². The number of hydrogen-bond donors (Lipinski definition) is 2. The number of imidazole rings is 1. The van der Waals surface area contributed by atoms with Gasteiger partial charge < -0.3 is 15.2 Å². The summed E-state index contributed by atoms with van der Waals surface area (Å²) in [6.45, 7) is 1.97. The molecule has 0 saturated heterocycles. The molecule has 0 aliphatic carbocycles. The lowest BCUT2D eigenvalue weighted by Gasteiger charge is -2.20. The number of aryl methyl sites for hydroxylation is 1. The molecule has 0 radical (unpaired) electrons. The van der Waals surface area contributed by atoms with Gasteiger partial charge in [0.15, 0.2) is 0 Å². The maximum atomic E-state index is 4.43. The van der Waals surface area contributed by atoms with Crippen LogP contribution in [0.4, 0.5) is 17.1 Å². The predicted molar refractivity (Wildman–Crippen MR) is 84.9 cm³/mol. The molecule has 0 atom stereocenters. The first-order chi connectivity index (χ1) is 9.67. The van der Waals surface area contributed by atoms with Crippen LogP contribution in [0.1, 0.15) is 5.82 Å². The number of aromatic amines is 1. The van der Waals surface area contributed by atoms with Gasteiger partial charge in [-0.25, -0.2) is 4.98 Å². The summed E-state index contributed by atoms with van der Waals surface area (Å²) in [5.41, 5.74) is 5.45. The number of anilines is 3. The van der Waals surface area contributed by atoms with Crippen molar-refractivity contribution >= 4 is 28.1 Å². The number of fused-ring (bicyclic) bond motifs is 1. The Morgan fingerprint density at radius 2 is 1.90 bits per heavy atom. The summed E-state index contributed by atoms with van der Waals surface area (Å²) < 4.78 is 0. The van der Waals surface area contributed by atoms with Crippen molar-refractivity contribution in [2.45, 2.75) is 6.92 Å². The van der Waals surface area contributed by atoms with E-state index in [1.54, 1.807) is 0 Å². The molecule has 0 saturated carbocycles. The zero-order chi connectivity index (χ0) is 14.1. The van der Waals surface area contributed by atoms with Gasteiger partial charge >= 0.3 is 0 Å². The summed E-state index contributed by atoms with van der Waals surface area (Å²) in [7, 11) is 4.00. The molecule has 0 unspecified atom stereocenters. The van der Waals surface area contributed by atoms with Crippen molar-refractivity contribution in [2.24, 2.45) is 0 Å². The summed E-state index contributed by atoms with van der Waals surface area (Å²) in [6, 6.07) is 14.6. The Morgan fingerprint density at radius 3 is 2.70 bits per heavy atom. The van der Waals surface area contributed by atoms with E-state index in [4.69, 9.17) is 0 Å². The third kappa shape index (κ3) is 2.20. The molecule has 0 aliphatic heterocycles. The van der Waals surface area contributed by atoms with Gasteiger partial charge in [0.05, 0.1) is 11.0 Å². The third-order valence-corrected chi connectivity index (χ3v) is 3.49. The van der Waals surface area contributed by atoms with Crippen LogP contribution in [0.15, 0.2) is 42.5 Å². The quantitative estimate of drug-likeness (QED) is 0.760. The highest BCUT2D eigenvalue weighted by atomic mass is 15.1. The molecule has 4 nitrogen and oxygen atoms in total. The second-order valence-corrected chi connectivity index (χ2v) is 4.88. The molecule has 102 valence electrons. The predicted octanol–water partition coefficient (Wildman–Crippen LogP) is 3.68. The maximum Gasteiger partial charge on any atom is 0.104 e. The zero-order valence-corrected chi connectivity index (χ0v) is 11.9. The van der Waals surface area contributed by atoms with Gasteiger partial charge in [0.25, 0.3) is 0 Å². The molecular formula is C16H18N4. The second kappa shape index (κ2) is 4.89. The highest BCUT2D eigenvalue weighted by Crippen LogP contribution is 2.27. The molecule has 0 amide bonds. The van der Waals surface area contributed by atoms with Gasteiger partial charge in [0, 0.05) is 31.2 Å². The first-order valence-electron chi connectivity index (χ1n) is 6.65. The summed E-state index contributed by atoms with van der Waals surface area (Å²) in [4.78, 5) is 9.87. The average Bonchev–Trinajstić information content (AvgIpc) is 2.85. The van der Waals surface area contributed by atoms with Crippen LogP contribution in [0.2, 0.25) is 0 Å². The molecular weight excluding hydrogens is 248 g/mol. The van der Waals surface area contributed by atoms with E-state index in [1.807, 2.05) is 20.0 Å². The first kappa shape index (κ1) is 12.5. The molecule has 0 fully saturated rings. The summed E-state index contributed by atoms with van der Waals surface area (Å²) in [6.07, 6.45) is 0. The lowest BCUT2D eigenvalue weighted by Crippen LogP contribution is -2.09. The Balaban J connectivity index is 2.00. The molecule has 0 spiro atoms. The van der Waals surface area contributed by atoms with Crippen LogP contribution < -0.4 is 10.2 Å². The molecule has 2 N–H and O–H groups in total. The Morgan fingerprint density at radius 1 is 1.10 bits per heavy atom. The smallest absolute Gasteiger partial charge is 0.104 e. The molecule has 20 heavy (non-hydrogen) atoms. The van der Waals surface area contributed by atoms with Crippen molar-refractivity contribution in [1.29, 1.82) is 0 Å². The molecule has 1 aromatic heterocycles. The van der Waals surface area contributed by atoms with E-state index in [-0.39, 0.29) is 0 Å². The fourth-order valence-electron chi connectivity index (χ4n) is 2.35. The maximum absolute atomic E-state index is 4.43. The molecule has 0 aliphatic rings. The van der Waals surface area contributed by atoms with Gasteiger partial charge in [-0.3, -0.25) is 0 Å². The number of aromatic nitrogens is 2. The molecule has 1 heterocycles. The largest absolute Gasteiger partial charge is 0.388 e. The van der Waals surface area contributed by atoms with Crippen molar-refractivity contribution in [3.8, 4) is 0 Å². The van der Waals surface area contributed by atoms with Gasteiger partial charge in [-0.15, -0.1) is 0 Å². The molecule has 4 heteroatoms. The van der Waals surface area contributed by atoms with Crippen LogP contribution in [0, 0.1) is 6.92 Å². The fourth-order valence-corrected chi connectivity index (χ4v) is 2.35. The van der Waals surface area contributed by atoms with Crippen molar-refractivity contribution in [3.63, 3.8) is 0 Å². The van der Waals surface area contributed by atoms with Crippen molar-refractivity contribution in [2.75, 3.05) is 24.3 Å². The summed E-state index contributed by atoms with van der Waals surface area (Å²) in [5, 5.41) is 3.16. The summed E-state index contributed by atoms with van der Waals surface area (Å²) in [5.74, 6) is 0.942. The molecule has 3 rings (SSSR count). The number of nitrogens with one attached hydrogen (secondary N) is 2. The normalized spacial score (nSPS) is 10.8. The fraction of sp³-hybridized carbons (Fsp3) is 0.188. The highest BCUT2D eigenvalue weighted by molar-refractivity contribution is 5.81. The van der Waals surface area contributed by atoms with E-state index in [0.717, 1.165) is 33.9 Å². The topological polar surface area (TPSA) is 44.0 Å². The minimum Gasteiger partial charge on any atom is -0.388 e. The van der Waals surface area contributed by atoms with Gasteiger partial charge in [0.1, 0.15) is 5.82 Å². The van der Waals surface area contributed by atoms with E-state index in [1.165, 1.54) is 0 Å². The Kier molecular flexibility index (Phi) is 3.06. The number of benzene rings is 2. The van der Waals surface area contributed by atoms with Crippen LogP contribution >= 0.6 is 0 Å². The number of rotatable bonds is 3. The second-order valence-electron chi connectivity index (χ2n) is 4.88. The van der Waals surface area contributed by atoms with Crippen molar-refractivity contribution in [3.05, 3.63) is 48.3 Å². The monoisotopic (exact) mass is 266 g/mol. The standard InChI is InChI=1S/C16H18N4/c1-11-18-15-8-7-14(10-16(15)19-11)20(3)13-6-4-5-12(9-13)17-2/h4-10,17H,1-3H3,(H,18,19). The molecule has 2 aromatic carbocycles. The van der Waals surface area contributed by atoms with Crippen molar-refractivity contribution < 1.29 is 0 Å². The minimum atomic E-state index is 0.942. The Hall–Kier alpha value is -2.49. The van der Waals surface area contributed by atoms with Crippen LogP contribution in [-0.4, -0.2) is 24.1 Å². The third-order valence-electron chi connectivity index (χ3n) is 3.49. The first-order valence-corrected chi connectivity index (χ1v) is 6.65. The van der Waals surface area contributed by atoms with Gasteiger partial charge in [-0.2, -0.15) is 0 Å². The molecule has 0 bridgehead atoms. The van der Waals surface area contributed by atoms with Crippen LogP contribution in [0.3, 0.4) is 0 Å². The molecule has 3 aromatic rings. The number of hydrogen-bond acceptors (Lipinski definition) is 3. The van der Waals surface area contributed by atoms with Gasteiger partial charge in [0.2, 0.25) is 0 Å². The van der Waals surface area contributed by atoms with Crippen LogP contribution in [-0.2, 0) is 0 Å². The van der Waals surface area contributed by atoms with Crippen LogP contribution in [0.5, 0.6) is 0 Å². The summed E-state index contributed by atoms with van der Waals surface area (Å²) >= 11 is 0. The minimum absolute atomic E-state index is 0.942. The average molecular weight is 266 g/mol. The van der Waals surface area contributed by atoms with Crippen molar-refractivity contribution in [1.82, 2.24) is 9.97 Å². The van der Waals surface area contributed by atoms with E-state index >= 15 is 0 Å². The van der Waals surface area contributed by atoms with E-state index in [9.17, 15) is 0 Å². The Labute approximate surface area is 118 Å². The van der Waals surface area contributed by atoms with E-state index < -0.39 is 0 Å². The number of nitrogens with zero attached hydrogens (tertiary/aromatic N) is 2. The lowest BCUT2D eigenvalue weighted by molar-refractivity contribution is 1.17. The highest BCUT2D eigenvalue weighted by Gasteiger charge is 2.07.